The van der Waals surface area contributed by atoms with Crippen LogP contribution in [0.3, 0.4) is 0 Å². The van der Waals surface area contributed by atoms with E-state index in [1.807, 2.05) is 0 Å². The topological polar surface area (TPSA) is 21.3 Å². The van der Waals surface area contributed by atoms with Gasteiger partial charge in [0.15, 0.2) is 0 Å². The fraction of sp³-hybridized carbons (Fsp3) is 0.375. The first-order valence-corrected chi connectivity index (χ1v) is 8.81. The number of nitrogens with one attached hydrogen (secondary N) is 1. The zero-order chi connectivity index (χ0) is 13.9. The average Bonchev–Trinajstić information content (AvgIpc) is 2.50. The summed E-state index contributed by atoms with van der Waals surface area (Å²) in [6.45, 7) is 2.83. The zero-order valence-corrected chi connectivity index (χ0v) is 16.1. The Kier molecular flexibility index (Phi) is 6.75. The normalized spacial score (nSPS) is 15.9. The molecule has 2 aromatic carbocycles. The van der Waals surface area contributed by atoms with Crippen molar-refractivity contribution in [3.05, 3.63) is 43.9 Å². The van der Waals surface area contributed by atoms with Crippen LogP contribution in [0.1, 0.15) is 18.4 Å². The molecule has 0 saturated carbocycles. The van der Waals surface area contributed by atoms with Gasteiger partial charge in [-0.2, -0.15) is 0 Å². The smallest absolute Gasteiger partial charge is 0.0732 e. The van der Waals surface area contributed by atoms with Crippen molar-refractivity contribution in [1.29, 1.82) is 0 Å². The van der Waals surface area contributed by atoms with Crippen LogP contribution in [0.25, 0.3) is 10.8 Å². The van der Waals surface area contributed by atoms with E-state index >= 15 is 0 Å². The Hall–Kier alpha value is 0.120. The third kappa shape index (κ3) is 4.10. The van der Waals surface area contributed by atoms with Crippen LogP contribution in [0.4, 0.5) is 0 Å². The molecule has 3 rings (SSSR count). The van der Waals surface area contributed by atoms with E-state index in [9.17, 15) is 0 Å². The molecule has 0 radical (unpaired) electrons. The van der Waals surface area contributed by atoms with E-state index in [-0.39, 0.29) is 12.4 Å². The first-order valence-electron chi connectivity index (χ1n) is 6.93. The van der Waals surface area contributed by atoms with Gasteiger partial charge in [0.25, 0.3) is 0 Å². The van der Waals surface area contributed by atoms with Crippen molar-refractivity contribution < 1.29 is 4.74 Å². The van der Waals surface area contributed by atoms with Crippen LogP contribution >= 0.6 is 50.9 Å². The van der Waals surface area contributed by atoms with Crippen LogP contribution in [0.15, 0.2) is 34.8 Å². The van der Waals surface area contributed by atoms with Gasteiger partial charge in [0.1, 0.15) is 0 Å². The fourth-order valence-electron chi connectivity index (χ4n) is 2.62. The summed E-state index contributed by atoms with van der Waals surface area (Å²) in [7, 11) is 0. The third-order valence-corrected chi connectivity index (χ3v) is 5.59. The van der Waals surface area contributed by atoms with E-state index in [1.165, 1.54) is 24.4 Å². The van der Waals surface area contributed by atoms with Crippen LogP contribution < -0.4 is 5.32 Å². The van der Waals surface area contributed by atoms with E-state index in [0.29, 0.717) is 12.7 Å². The molecule has 0 aliphatic carbocycles. The fourth-order valence-corrected chi connectivity index (χ4v) is 4.05. The maximum Gasteiger partial charge on any atom is 0.0732 e. The predicted octanol–water partition coefficient (Wildman–Crippen LogP) is 4.90. The number of hydrogen-bond acceptors (Lipinski definition) is 2. The lowest BCUT2D eigenvalue weighted by Crippen LogP contribution is -2.32. The summed E-state index contributed by atoms with van der Waals surface area (Å²) in [4.78, 5) is 0. The zero-order valence-electron chi connectivity index (χ0n) is 11.6. The highest BCUT2D eigenvalue weighted by molar-refractivity contribution is 14.1. The maximum atomic E-state index is 6.08. The Bertz CT molecular complexity index is 616. The Morgan fingerprint density at radius 2 is 1.86 bits per heavy atom. The molecule has 21 heavy (non-hydrogen) atoms. The number of benzene rings is 2. The summed E-state index contributed by atoms with van der Waals surface area (Å²) in [5, 5.41) is 5.93. The summed E-state index contributed by atoms with van der Waals surface area (Å²) in [6.07, 6.45) is 2.62. The van der Waals surface area contributed by atoms with Crippen LogP contribution in [-0.2, 0) is 11.3 Å². The molecule has 2 nitrogen and oxygen atoms in total. The molecule has 0 spiro atoms. The first kappa shape index (κ1) is 17.5. The predicted molar refractivity (Wildman–Crippen MR) is 102 cm³/mol. The number of piperidine rings is 1. The van der Waals surface area contributed by atoms with Gasteiger partial charge in [0.2, 0.25) is 0 Å². The lowest BCUT2D eigenvalue weighted by atomic mass is 10.1. The highest BCUT2D eigenvalue weighted by atomic mass is 127. The standard InChI is InChI=1S/C16H17BrINO.ClH/c17-16-11(10-20-12-5-7-19-8-6-12)9-15(18)13-3-1-2-4-14(13)16;/h1-4,9,12,19H,5-8,10H2;1H. The highest BCUT2D eigenvalue weighted by Crippen LogP contribution is 2.32. The number of ether oxygens (including phenoxy) is 1. The van der Waals surface area contributed by atoms with Gasteiger partial charge in [0, 0.05) is 8.04 Å². The number of rotatable bonds is 3. The minimum absolute atomic E-state index is 0. The van der Waals surface area contributed by atoms with Gasteiger partial charge >= 0.3 is 0 Å². The van der Waals surface area contributed by atoms with Crippen LogP contribution in [0, 0.1) is 3.57 Å². The Morgan fingerprint density at radius 3 is 2.57 bits per heavy atom. The van der Waals surface area contributed by atoms with Crippen molar-refractivity contribution in [1.82, 2.24) is 5.32 Å². The van der Waals surface area contributed by atoms with Crippen LogP contribution in [0.2, 0.25) is 0 Å². The SMILES string of the molecule is Brc1c(COC2CCNCC2)cc(I)c2ccccc12.Cl. The van der Waals surface area contributed by atoms with Gasteiger partial charge in [-0.25, -0.2) is 0 Å². The van der Waals surface area contributed by atoms with Gasteiger partial charge in [-0.05, 0) is 86.9 Å². The molecular formula is C16H18BrClINO. The lowest BCUT2D eigenvalue weighted by molar-refractivity contribution is 0.0210. The molecule has 5 heteroatoms. The number of halogens is 3. The number of hydrogen-bond donors (Lipinski definition) is 1. The minimum atomic E-state index is 0. The molecule has 0 bridgehead atoms. The minimum Gasteiger partial charge on any atom is -0.373 e. The van der Waals surface area contributed by atoms with Gasteiger partial charge in [0.05, 0.1) is 12.7 Å². The van der Waals surface area contributed by atoms with Crippen molar-refractivity contribution >= 4 is 61.7 Å². The Balaban J connectivity index is 0.00000161. The van der Waals surface area contributed by atoms with Crippen molar-refractivity contribution in [2.45, 2.75) is 25.6 Å². The molecule has 2 aromatic rings. The van der Waals surface area contributed by atoms with Gasteiger partial charge in [-0.15, -0.1) is 12.4 Å². The maximum absolute atomic E-state index is 6.08. The molecule has 1 fully saturated rings. The van der Waals surface area contributed by atoms with E-state index in [0.717, 1.165) is 25.9 Å². The Morgan fingerprint density at radius 1 is 1.19 bits per heavy atom. The van der Waals surface area contributed by atoms with Crippen LogP contribution in [0.5, 0.6) is 0 Å². The molecule has 1 saturated heterocycles. The summed E-state index contributed by atoms with van der Waals surface area (Å²) < 4.78 is 8.53. The highest BCUT2D eigenvalue weighted by Gasteiger charge is 2.15. The molecule has 0 atom stereocenters. The molecule has 0 unspecified atom stereocenters. The molecule has 114 valence electrons. The monoisotopic (exact) mass is 481 g/mol. The van der Waals surface area contributed by atoms with Crippen molar-refractivity contribution in [3.8, 4) is 0 Å². The van der Waals surface area contributed by atoms with Gasteiger partial charge in [-0.3, -0.25) is 0 Å². The second-order valence-corrected chi connectivity index (χ2v) is 7.09. The summed E-state index contributed by atoms with van der Waals surface area (Å²) in [5.74, 6) is 0. The molecule has 0 aromatic heterocycles. The van der Waals surface area contributed by atoms with Crippen molar-refractivity contribution in [2.75, 3.05) is 13.1 Å². The van der Waals surface area contributed by atoms with E-state index in [1.54, 1.807) is 0 Å². The van der Waals surface area contributed by atoms with Crippen molar-refractivity contribution in [2.24, 2.45) is 0 Å². The van der Waals surface area contributed by atoms with Gasteiger partial charge in [-0.1, -0.05) is 24.3 Å². The van der Waals surface area contributed by atoms with E-state index < -0.39 is 0 Å². The van der Waals surface area contributed by atoms with Gasteiger partial charge < -0.3 is 10.1 Å². The van der Waals surface area contributed by atoms with Crippen LogP contribution in [-0.4, -0.2) is 19.2 Å². The largest absolute Gasteiger partial charge is 0.373 e. The summed E-state index contributed by atoms with van der Waals surface area (Å²) in [6, 6.07) is 10.7. The van der Waals surface area contributed by atoms with Crippen molar-refractivity contribution in [3.63, 3.8) is 0 Å². The molecule has 1 heterocycles. The average molecular weight is 483 g/mol. The first-order chi connectivity index (χ1) is 9.75. The summed E-state index contributed by atoms with van der Waals surface area (Å²) >= 11 is 6.15. The van der Waals surface area contributed by atoms with E-state index in [2.05, 4.69) is 74.2 Å². The van der Waals surface area contributed by atoms with E-state index in [4.69, 9.17) is 4.74 Å². The lowest BCUT2D eigenvalue weighted by Gasteiger charge is -2.23. The summed E-state index contributed by atoms with van der Waals surface area (Å²) in [5.41, 5.74) is 1.24. The Labute approximate surface area is 153 Å². The molecule has 1 aliphatic rings. The second kappa shape index (κ2) is 8.11. The second-order valence-electron chi connectivity index (χ2n) is 5.14. The molecule has 0 amide bonds. The third-order valence-electron chi connectivity index (χ3n) is 3.76. The molecule has 1 aliphatic heterocycles. The number of fused-ring (bicyclic) bond motifs is 1. The molecular weight excluding hydrogens is 464 g/mol. The molecule has 1 N–H and O–H groups in total. The quantitative estimate of drug-likeness (QED) is 0.629.